The molecule has 0 radical (unpaired) electrons. The molecule has 2 N–H and O–H groups in total. The number of methoxy groups -OCH3 is 1. The number of nitrogens with one attached hydrogen (secondary N) is 1. The first-order valence-corrected chi connectivity index (χ1v) is 6.79. The normalized spacial score (nSPS) is 13.8. The summed E-state index contributed by atoms with van der Waals surface area (Å²) in [6, 6.07) is 15.7. The van der Waals surface area contributed by atoms with Gasteiger partial charge in [0.2, 0.25) is 0 Å². The Bertz CT molecular complexity index is 568. The molecule has 0 saturated heterocycles. The lowest BCUT2D eigenvalue weighted by molar-refractivity contribution is 0.412. The fourth-order valence-corrected chi connectivity index (χ4v) is 2.27. The fraction of sp³-hybridized carbons (Fsp3) is 0.294. The molecular formula is C17H21NO2. The zero-order valence-electron chi connectivity index (χ0n) is 12.1. The number of rotatable bonds is 5. The van der Waals surface area contributed by atoms with E-state index in [9.17, 15) is 5.11 Å². The lowest BCUT2D eigenvalue weighted by atomic mass is 10.0. The van der Waals surface area contributed by atoms with E-state index in [2.05, 4.69) is 25.2 Å². The van der Waals surface area contributed by atoms with Crippen LogP contribution in [0.15, 0.2) is 48.5 Å². The van der Waals surface area contributed by atoms with Crippen LogP contribution in [0.3, 0.4) is 0 Å². The predicted molar refractivity (Wildman–Crippen MR) is 81.1 cm³/mol. The molecular weight excluding hydrogens is 250 g/mol. The van der Waals surface area contributed by atoms with Gasteiger partial charge in [0.25, 0.3) is 0 Å². The second kappa shape index (κ2) is 6.44. The average Bonchev–Trinajstić information content (AvgIpc) is 2.47. The third-order valence-electron chi connectivity index (χ3n) is 3.46. The molecule has 0 aromatic heterocycles. The highest BCUT2D eigenvalue weighted by molar-refractivity contribution is 5.32. The van der Waals surface area contributed by atoms with Gasteiger partial charge in [-0.25, -0.2) is 0 Å². The largest absolute Gasteiger partial charge is 0.508 e. The predicted octanol–water partition coefficient (Wildman–Crippen LogP) is 3.81. The monoisotopic (exact) mass is 271 g/mol. The summed E-state index contributed by atoms with van der Waals surface area (Å²) >= 11 is 0. The third kappa shape index (κ3) is 3.52. The molecule has 2 rings (SSSR count). The highest BCUT2D eigenvalue weighted by Crippen LogP contribution is 2.23. The summed E-state index contributed by atoms with van der Waals surface area (Å²) in [5.41, 5.74) is 2.25. The molecule has 0 saturated carbocycles. The quantitative estimate of drug-likeness (QED) is 0.868. The third-order valence-corrected chi connectivity index (χ3v) is 3.46. The van der Waals surface area contributed by atoms with Crippen molar-refractivity contribution in [2.45, 2.75) is 25.9 Å². The number of aromatic hydroxyl groups is 1. The first-order chi connectivity index (χ1) is 9.60. The molecule has 0 spiro atoms. The number of phenols is 1. The Morgan fingerprint density at radius 3 is 2.15 bits per heavy atom. The molecule has 2 aromatic rings. The van der Waals surface area contributed by atoms with Gasteiger partial charge in [-0.3, -0.25) is 0 Å². The van der Waals surface area contributed by atoms with Crippen molar-refractivity contribution in [1.82, 2.24) is 5.32 Å². The van der Waals surface area contributed by atoms with E-state index in [0.29, 0.717) is 5.75 Å². The van der Waals surface area contributed by atoms with Gasteiger partial charge in [-0.15, -0.1) is 0 Å². The molecule has 0 heterocycles. The maximum absolute atomic E-state index is 9.54. The van der Waals surface area contributed by atoms with Gasteiger partial charge in [-0.05, 0) is 49.2 Å². The molecule has 20 heavy (non-hydrogen) atoms. The second-order valence-electron chi connectivity index (χ2n) is 4.98. The number of hydrogen-bond donors (Lipinski definition) is 2. The van der Waals surface area contributed by atoms with Crippen molar-refractivity contribution in [3.63, 3.8) is 0 Å². The van der Waals surface area contributed by atoms with Crippen molar-refractivity contribution in [2.24, 2.45) is 0 Å². The molecule has 2 atom stereocenters. The molecule has 2 aromatic carbocycles. The topological polar surface area (TPSA) is 41.5 Å². The minimum absolute atomic E-state index is 0.156. The van der Waals surface area contributed by atoms with E-state index < -0.39 is 0 Å². The maximum atomic E-state index is 9.54. The second-order valence-corrected chi connectivity index (χ2v) is 4.98. The van der Waals surface area contributed by atoms with Gasteiger partial charge in [0, 0.05) is 12.1 Å². The summed E-state index contributed by atoms with van der Waals surface area (Å²) < 4.78 is 5.25. The van der Waals surface area contributed by atoms with Crippen LogP contribution in [0.2, 0.25) is 0 Å². The molecule has 0 aliphatic heterocycles. The zero-order chi connectivity index (χ0) is 14.5. The molecule has 0 aliphatic carbocycles. The summed E-state index contributed by atoms with van der Waals surface area (Å²) in [7, 11) is 1.67. The Morgan fingerprint density at radius 2 is 1.55 bits per heavy atom. The van der Waals surface area contributed by atoms with Crippen LogP contribution in [-0.2, 0) is 0 Å². The first kappa shape index (κ1) is 14.4. The van der Waals surface area contributed by atoms with Crippen LogP contribution >= 0.6 is 0 Å². The average molecular weight is 271 g/mol. The summed E-state index contributed by atoms with van der Waals surface area (Å²) in [5.74, 6) is 1.16. The maximum Gasteiger partial charge on any atom is 0.119 e. The van der Waals surface area contributed by atoms with Gasteiger partial charge in [0.15, 0.2) is 0 Å². The Balaban J connectivity index is 2.08. The molecule has 0 fully saturated rings. The van der Waals surface area contributed by atoms with E-state index in [0.717, 1.165) is 11.3 Å². The molecule has 0 bridgehead atoms. The van der Waals surface area contributed by atoms with Gasteiger partial charge in [0.05, 0.1) is 7.11 Å². The van der Waals surface area contributed by atoms with Gasteiger partial charge < -0.3 is 15.2 Å². The SMILES string of the molecule is COc1cccc(C(C)NC(C)c2cccc(O)c2)c1. The van der Waals surface area contributed by atoms with Crippen molar-refractivity contribution < 1.29 is 9.84 Å². The van der Waals surface area contributed by atoms with Crippen LogP contribution in [0.1, 0.15) is 37.1 Å². The lowest BCUT2D eigenvalue weighted by Crippen LogP contribution is -2.22. The first-order valence-electron chi connectivity index (χ1n) is 6.79. The highest BCUT2D eigenvalue weighted by atomic mass is 16.5. The van der Waals surface area contributed by atoms with E-state index in [1.54, 1.807) is 19.2 Å². The molecule has 3 heteroatoms. The lowest BCUT2D eigenvalue weighted by Gasteiger charge is -2.21. The van der Waals surface area contributed by atoms with Crippen LogP contribution in [0, 0.1) is 0 Å². The molecule has 106 valence electrons. The van der Waals surface area contributed by atoms with Crippen molar-refractivity contribution in [3.05, 3.63) is 59.7 Å². The van der Waals surface area contributed by atoms with Crippen molar-refractivity contribution >= 4 is 0 Å². The van der Waals surface area contributed by atoms with Crippen molar-refractivity contribution in [2.75, 3.05) is 7.11 Å². The van der Waals surface area contributed by atoms with Crippen molar-refractivity contribution in [1.29, 1.82) is 0 Å². The molecule has 0 aliphatic rings. The van der Waals surface area contributed by atoms with Gasteiger partial charge in [-0.2, -0.15) is 0 Å². The number of benzene rings is 2. The van der Waals surface area contributed by atoms with Crippen LogP contribution in [0.4, 0.5) is 0 Å². The Morgan fingerprint density at radius 1 is 0.950 bits per heavy atom. The standard InChI is InChI=1S/C17H21NO2/c1-12(14-6-4-8-16(19)10-14)18-13(2)15-7-5-9-17(11-15)20-3/h4-13,18-19H,1-3H3. The van der Waals surface area contributed by atoms with Gasteiger partial charge in [-0.1, -0.05) is 24.3 Å². The van der Waals surface area contributed by atoms with Crippen LogP contribution in [0.25, 0.3) is 0 Å². The van der Waals surface area contributed by atoms with Crippen molar-refractivity contribution in [3.8, 4) is 11.5 Å². The Labute approximate surface area is 120 Å². The minimum atomic E-state index is 0.156. The number of hydrogen-bond acceptors (Lipinski definition) is 3. The summed E-state index contributed by atoms with van der Waals surface area (Å²) in [6.07, 6.45) is 0. The van der Waals surface area contributed by atoms with E-state index in [1.807, 2.05) is 30.3 Å². The molecule has 0 amide bonds. The summed E-state index contributed by atoms with van der Waals surface area (Å²) in [5, 5.41) is 13.1. The summed E-state index contributed by atoms with van der Waals surface area (Å²) in [4.78, 5) is 0. The minimum Gasteiger partial charge on any atom is -0.508 e. The summed E-state index contributed by atoms with van der Waals surface area (Å²) in [6.45, 7) is 4.21. The van der Waals surface area contributed by atoms with E-state index in [4.69, 9.17) is 4.74 Å². The molecule has 2 unspecified atom stereocenters. The number of phenolic OH excluding ortho intramolecular Hbond substituents is 1. The number of ether oxygens (including phenoxy) is 1. The van der Waals surface area contributed by atoms with Crippen LogP contribution < -0.4 is 10.1 Å². The Hall–Kier alpha value is -2.00. The van der Waals surface area contributed by atoms with Crippen LogP contribution in [0.5, 0.6) is 11.5 Å². The smallest absolute Gasteiger partial charge is 0.119 e. The molecule has 3 nitrogen and oxygen atoms in total. The zero-order valence-corrected chi connectivity index (χ0v) is 12.1. The van der Waals surface area contributed by atoms with Gasteiger partial charge in [0.1, 0.15) is 11.5 Å². The van der Waals surface area contributed by atoms with E-state index >= 15 is 0 Å². The van der Waals surface area contributed by atoms with Gasteiger partial charge >= 0.3 is 0 Å². The Kier molecular flexibility index (Phi) is 4.64. The highest BCUT2D eigenvalue weighted by Gasteiger charge is 2.12. The van der Waals surface area contributed by atoms with E-state index in [1.165, 1.54) is 5.56 Å². The van der Waals surface area contributed by atoms with E-state index in [-0.39, 0.29) is 12.1 Å². The van der Waals surface area contributed by atoms with Crippen LogP contribution in [-0.4, -0.2) is 12.2 Å². The fourth-order valence-electron chi connectivity index (χ4n) is 2.27.